The lowest BCUT2D eigenvalue weighted by Gasteiger charge is -2.04. The molecule has 0 saturated heterocycles. The van der Waals surface area contributed by atoms with E-state index in [1.165, 1.54) is 12.1 Å². The molecular formula is C18H15FN4. The number of hydrogen-bond acceptors (Lipinski definition) is 3. The standard InChI is InChI=1S/C18H15FN4/c19-15-8-4-7-14(9-15)12-23-18(21)16(11-20)17(22-23)10-13-5-2-1-3-6-13/h1-9H,10,12,21H2. The van der Waals surface area contributed by atoms with Gasteiger partial charge in [-0.1, -0.05) is 42.5 Å². The van der Waals surface area contributed by atoms with E-state index in [9.17, 15) is 9.65 Å². The van der Waals surface area contributed by atoms with E-state index < -0.39 is 0 Å². The largest absolute Gasteiger partial charge is 0.383 e. The Hall–Kier alpha value is -3.13. The highest BCUT2D eigenvalue weighted by Crippen LogP contribution is 2.20. The summed E-state index contributed by atoms with van der Waals surface area (Å²) in [4.78, 5) is 0. The van der Waals surface area contributed by atoms with Crippen LogP contribution in [0.1, 0.15) is 22.4 Å². The number of nitriles is 1. The third kappa shape index (κ3) is 3.22. The Morgan fingerprint density at radius 2 is 1.83 bits per heavy atom. The van der Waals surface area contributed by atoms with Crippen LogP contribution in [0.4, 0.5) is 10.2 Å². The fraction of sp³-hybridized carbons (Fsp3) is 0.111. The van der Waals surface area contributed by atoms with Gasteiger partial charge in [-0.15, -0.1) is 0 Å². The Kier molecular flexibility index (Phi) is 4.07. The number of nitrogen functional groups attached to an aromatic ring is 1. The maximum absolute atomic E-state index is 13.3. The quantitative estimate of drug-likeness (QED) is 0.805. The van der Waals surface area contributed by atoms with Crippen LogP contribution in [0.5, 0.6) is 0 Å². The summed E-state index contributed by atoms with van der Waals surface area (Å²) < 4.78 is 14.8. The summed E-state index contributed by atoms with van der Waals surface area (Å²) in [5.41, 5.74) is 8.85. The highest BCUT2D eigenvalue weighted by Gasteiger charge is 2.16. The number of rotatable bonds is 4. The highest BCUT2D eigenvalue weighted by molar-refractivity contribution is 5.53. The van der Waals surface area contributed by atoms with Crippen LogP contribution in [0, 0.1) is 17.1 Å². The normalized spacial score (nSPS) is 10.4. The van der Waals surface area contributed by atoms with E-state index >= 15 is 0 Å². The first-order valence-corrected chi connectivity index (χ1v) is 7.21. The predicted molar refractivity (Wildman–Crippen MR) is 86.1 cm³/mol. The summed E-state index contributed by atoms with van der Waals surface area (Å²) in [6.45, 7) is 0.326. The summed E-state index contributed by atoms with van der Waals surface area (Å²) in [5, 5.41) is 13.8. The Bertz CT molecular complexity index is 862. The molecule has 0 aliphatic rings. The average Bonchev–Trinajstić information content (AvgIpc) is 2.83. The summed E-state index contributed by atoms with van der Waals surface area (Å²) in [7, 11) is 0. The van der Waals surface area contributed by atoms with E-state index in [-0.39, 0.29) is 5.82 Å². The summed E-state index contributed by atoms with van der Waals surface area (Å²) in [5.74, 6) is 0.000866. The van der Waals surface area contributed by atoms with Crippen LogP contribution < -0.4 is 5.73 Å². The lowest BCUT2D eigenvalue weighted by atomic mass is 10.1. The van der Waals surface area contributed by atoms with Crippen molar-refractivity contribution < 1.29 is 4.39 Å². The molecule has 0 amide bonds. The zero-order valence-electron chi connectivity index (χ0n) is 12.4. The van der Waals surface area contributed by atoms with Gasteiger partial charge in [-0.25, -0.2) is 9.07 Å². The molecule has 114 valence electrons. The molecule has 0 fully saturated rings. The summed E-state index contributed by atoms with van der Waals surface area (Å²) in [6.07, 6.45) is 0.532. The molecule has 4 nitrogen and oxygen atoms in total. The van der Waals surface area contributed by atoms with Crippen molar-refractivity contribution in [2.24, 2.45) is 0 Å². The van der Waals surface area contributed by atoms with E-state index in [4.69, 9.17) is 5.73 Å². The van der Waals surface area contributed by atoms with Crippen LogP contribution in [0.2, 0.25) is 0 Å². The number of nitrogens with zero attached hydrogens (tertiary/aromatic N) is 3. The SMILES string of the molecule is N#Cc1c(Cc2ccccc2)nn(Cc2cccc(F)c2)c1N. The lowest BCUT2D eigenvalue weighted by Crippen LogP contribution is -2.06. The van der Waals surface area contributed by atoms with Crippen LogP contribution in [-0.2, 0) is 13.0 Å². The molecule has 0 spiro atoms. The first-order valence-electron chi connectivity index (χ1n) is 7.21. The molecule has 3 aromatic rings. The number of benzene rings is 2. The first kappa shape index (κ1) is 14.8. The van der Waals surface area contributed by atoms with E-state index in [2.05, 4.69) is 11.2 Å². The second kappa shape index (κ2) is 6.32. The van der Waals surface area contributed by atoms with E-state index in [0.29, 0.717) is 30.0 Å². The van der Waals surface area contributed by atoms with Crippen molar-refractivity contribution in [2.45, 2.75) is 13.0 Å². The van der Waals surface area contributed by atoms with Crippen molar-refractivity contribution in [3.63, 3.8) is 0 Å². The van der Waals surface area contributed by atoms with Crippen molar-refractivity contribution in [1.82, 2.24) is 9.78 Å². The van der Waals surface area contributed by atoms with Gasteiger partial charge in [0.05, 0.1) is 12.2 Å². The molecule has 0 unspecified atom stereocenters. The third-order valence-corrected chi connectivity index (χ3v) is 3.61. The number of anilines is 1. The number of nitrogens with two attached hydrogens (primary N) is 1. The highest BCUT2D eigenvalue weighted by atomic mass is 19.1. The molecule has 0 saturated carbocycles. The molecule has 0 aliphatic heterocycles. The molecule has 1 aromatic heterocycles. The average molecular weight is 306 g/mol. The van der Waals surface area contributed by atoms with Gasteiger partial charge in [0.25, 0.3) is 0 Å². The first-order chi connectivity index (χ1) is 11.2. The van der Waals surface area contributed by atoms with Gasteiger partial charge in [0.2, 0.25) is 0 Å². The number of aromatic nitrogens is 2. The van der Waals surface area contributed by atoms with Crippen LogP contribution in [0.3, 0.4) is 0 Å². The van der Waals surface area contributed by atoms with Gasteiger partial charge in [-0.3, -0.25) is 0 Å². The molecule has 3 rings (SSSR count). The lowest BCUT2D eigenvalue weighted by molar-refractivity contribution is 0.619. The van der Waals surface area contributed by atoms with E-state index in [1.54, 1.807) is 16.8 Å². The van der Waals surface area contributed by atoms with Gasteiger partial charge in [-0.05, 0) is 23.3 Å². The molecule has 0 aliphatic carbocycles. The summed E-state index contributed by atoms with van der Waals surface area (Å²) in [6, 6.07) is 18.1. The van der Waals surface area contributed by atoms with Gasteiger partial charge in [0.15, 0.2) is 0 Å². The molecule has 2 aromatic carbocycles. The van der Waals surface area contributed by atoms with Crippen LogP contribution in [0.15, 0.2) is 54.6 Å². The predicted octanol–water partition coefficient (Wildman–Crippen LogP) is 3.12. The maximum Gasteiger partial charge on any atom is 0.140 e. The van der Waals surface area contributed by atoms with Crippen LogP contribution >= 0.6 is 0 Å². The molecule has 0 bridgehead atoms. The zero-order valence-corrected chi connectivity index (χ0v) is 12.4. The Morgan fingerprint density at radius 1 is 1.09 bits per heavy atom. The third-order valence-electron chi connectivity index (χ3n) is 3.61. The van der Waals surface area contributed by atoms with E-state index in [1.807, 2.05) is 30.3 Å². The van der Waals surface area contributed by atoms with Crippen LogP contribution in [-0.4, -0.2) is 9.78 Å². The molecule has 0 radical (unpaired) electrons. The monoisotopic (exact) mass is 306 g/mol. The molecular weight excluding hydrogens is 291 g/mol. The molecule has 5 heteroatoms. The van der Waals surface area contributed by atoms with Crippen molar-refractivity contribution in [2.75, 3.05) is 5.73 Å². The van der Waals surface area contributed by atoms with Crippen molar-refractivity contribution in [3.8, 4) is 6.07 Å². The Labute approximate surface area is 133 Å². The minimum Gasteiger partial charge on any atom is -0.383 e. The molecule has 0 atom stereocenters. The van der Waals surface area contributed by atoms with Gasteiger partial charge in [-0.2, -0.15) is 10.4 Å². The number of hydrogen-bond donors (Lipinski definition) is 1. The molecule has 1 heterocycles. The minimum absolute atomic E-state index is 0.307. The topological polar surface area (TPSA) is 67.6 Å². The van der Waals surface area contributed by atoms with Gasteiger partial charge < -0.3 is 5.73 Å². The van der Waals surface area contributed by atoms with Crippen molar-refractivity contribution in [1.29, 1.82) is 5.26 Å². The van der Waals surface area contributed by atoms with Crippen molar-refractivity contribution >= 4 is 5.82 Å². The van der Waals surface area contributed by atoms with Crippen LogP contribution in [0.25, 0.3) is 0 Å². The van der Waals surface area contributed by atoms with Gasteiger partial charge in [0, 0.05) is 6.42 Å². The maximum atomic E-state index is 13.3. The Balaban J connectivity index is 1.92. The van der Waals surface area contributed by atoms with Gasteiger partial charge >= 0.3 is 0 Å². The number of halogens is 1. The summed E-state index contributed by atoms with van der Waals surface area (Å²) >= 11 is 0. The van der Waals surface area contributed by atoms with E-state index in [0.717, 1.165) is 11.1 Å². The minimum atomic E-state index is -0.307. The Morgan fingerprint density at radius 3 is 2.52 bits per heavy atom. The fourth-order valence-corrected chi connectivity index (χ4v) is 2.49. The fourth-order valence-electron chi connectivity index (χ4n) is 2.49. The molecule has 2 N–H and O–H groups in total. The zero-order chi connectivity index (χ0) is 16.2. The molecule has 23 heavy (non-hydrogen) atoms. The van der Waals surface area contributed by atoms with Gasteiger partial charge in [0.1, 0.15) is 23.3 Å². The van der Waals surface area contributed by atoms with Crippen molar-refractivity contribution in [3.05, 3.63) is 82.8 Å². The smallest absolute Gasteiger partial charge is 0.140 e. The second-order valence-corrected chi connectivity index (χ2v) is 5.27. The second-order valence-electron chi connectivity index (χ2n) is 5.27.